The minimum Gasteiger partial charge on any atom is -0.352 e. The second-order valence-corrected chi connectivity index (χ2v) is 6.67. The summed E-state index contributed by atoms with van der Waals surface area (Å²) in [5, 5.41) is 2.95. The van der Waals surface area contributed by atoms with Gasteiger partial charge in [0.15, 0.2) is 0 Å². The third-order valence-corrected chi connectivity index (χ3v) is 4.74. The van der Waals surface area contributed by atoms with Gasteiger partial charge in [-0.25, -0.2) is 4.39 Å². The summed E-state index contributed by atoms with van der Waals surface area (Å²) in [6.07, 6.45) is 1.68. The van der Waals surface area contributed by atoms with E-state index in [0.717, 1.165) is 35.3 Å². The second-order valence-electron chi connectivity index (χ2n) is 6.67. The molecule has 6 heteroatoms. The normalized spacial score (nSPS) is 12.0. The molecule has 1 heterocycles. The van der Waals surface area contributed by atoms with Gasteiger partial charge in [-0.15, -0.1) is 5.53 Å². The van der Waals surface area contributed by atoms with Gasteiger partial charge in [-0.2, -0.15) is 0 Å². The molecule has 3 aromatic rings. The smallest absolute Gasteiger partial charge is 0.251 e. The highest BCUT2D eigenvalue weighted by atomic mass is 19.1. The average Bonchev–Trinajstić information content (AvgIpc) is 3.20. The summed E-state index contributed by atoms with van der Waals surface area (Å²) in [4.78, 5) is 12.3. The molecule has 5 nitrogen and oxygen atoms in total. The van der Waals surface area contributed by atoms with Crippen molar-refractivity contribution in [3.8, 4) is 11.1 Å². The van der Waals surface area contributed by atoms with Crippen molar-refractivity contribution in [2.24, 2.45) is 0 Å². The number of hydrogen-bond acceptors (Lipinski definition) is 4. The number of carbonyl (C=O) groups is 1. The number of anilines is 2. The van der Waals surface area contributed by atoms with Gasteiger partial charge < -0.3 is 16.2 Å². The monoisotopic (exact) mass is 376 g/mol. The van der Waals surface area contributed by atoms with E-state index in [2.05, 4.69) is 21.7 Å². The minimum atomic E-state index is -0.216. The maximum Gasteiger partial charge on any atom is 0.251 e. The van der Waals surface area contributed by atoms with E-state index in [1.807, 2.05) is 36.4 Å². The van der Waals surface area contributed by atoms with Gasteiger partial charge in [0.1, 0.15) is 5.82 Å². The number of amides is 1. The number of benzene rings is 3. The van der Waals surface area contributed by atoms with E-state index in [1.54, 1.807) is 24.3 Å². The van der Waals surface area contributed by atoms with E-state index in [1.165, 1.54) is 6.07 Å². The van der Waals surface area contributed by atoms with E-state index < -0.39 is 0 Å². The van der Waals surface area contributed by atoms with E-state index in [9.17, 15) is 9.18 Å². The molecule has 0 aromatic heterocycles. The lowest BCUT2D eigenvalue weighted by Crippen LogP contribution is -2.24. The molecule has 1 amide bonds. The van der Waals surface area contributed by atoms with Crippen LogP contribution >= 0.6 is 0 Å². The van der Waals surface area contributed by atoms with Gasteiger partial charge in [-0.05, 0) is 48.2 Å². The number of rotatable bonds is 6. The van der Waals surface area contributed by atoms with E-state index in [0.29, 0.717) is 17.7 Å². The molecule has 0 bridgehead atoms. The Bertz CT molecular complexity index is 988. The quantitative estimate of drug-likeness (QED) is 0.489. The summed E-state index contributed by atoms with van der Waals surface area (Å²) in [5.41, 5.74) is 13.7. The van der Waals surface area contributed by atoms with Crippen LogP contribution < -0.4 is 21.7 Å². The van der Waals surface area contributed by atoms with Gasteiger partial charge in [0.05, 0.1) is 11.4 Å². The Kier molecular flexibility index (Phi) is 5.21. The Morgan fingerprint density at radius 3 is 2.54 bits per heavy atom. The summed E-state index contributed by atoms with van der Waals surface area (Å²) < 4.78 is 13.9. The summed E-state index contributed by atoms with van der Waals surface area (Å²) in [5.74, 6) is -0.308. The van der Waals surface area contributed by atoms with Crippen molar-refractivity contribution in [3.05, 3.63) is 83.7 Å². The van der Waals surface area contributed by atoms with Gasteiger partial charge in [0, 0.05) is 17.7 Å². The van der Waals surface area contributed by atoms with Crippen molar-refractivity contribution >= 4 is 17.3 Å². The fourth-order valence-corrected chi connectivity index (χ4v) is 3.21. The SMILES string of the molecule is O=C(NCCCc1ccc(-c2ccccc2F)cc1)c1ccc2c(c1)NNN2. The van der Waals surface area contributed by atoms with E-state index in [4.69, 9.17) is 0 Å². The largest absolute Gasteiger partial charge is 0.352 e. The van der Waals surface area contributed by atoms with Crippen molar-refractivity contribution in [1.29, 1.82) is 0 Å². The van der Waals surface area contributed by atoms with Crippen LogP contribution in [0.5, 0.6) is 0 Å². The van der Waals surface area contributed by atoms with E-state index >= 15 is 0 Å². The summed E-state index contributed by atoms with van der Waals surface area (Å²) in [6, 6.07) is 20.1. The van der Waals surface area contributed by atoms with Gasteiger partial charge >= 0.3 is 0 Å². The molecule has 0 fully saturated rings. The Labute approximate surface area is 162 Å². The highest BCUT2D eigenvalue weighted by Crippen LogP contribution is 2.25. The minimum absolute atomic E-state index is 0.0913. The summed E-state index contributed by atoms with van der Waals surface area (Å²) in [7, 11) is 0. The average molecular weight is 376 g/mol. The zero-order valence-corrected chi connectivity index (χ0v) is 15.3. The number of hydrazine groups is 2. The molecule has 3 aromatic carbocycles. The molecule has 0 radical (unpaired) electrons. The highest BCUT2D eigenvalue weighted by molar-refractivity contribution is 5.96. The first kappa shape index (κ1) is 18.0. The summed E-state index contributed by atoms with van der Waals surface area (Å²) in [6.45, 7) is 0.592. The van der Waals surface area contributed by atoms with Crippen molar-refractivity contribution in [1.82, 2.24) is 10.9 Å². The fourth-order valence-electron chi connectivity index (χ4n) is 3.21. The van der Waals surface area contributed by atoms with Crippen LogP contribution in [0.4, 0.5) is 15.8 Å². The molecule has 0 spiro atoms. The molecule has 4 rings (SSSR count). The Morgan fingerprint density at radius 1 is 0.929 bits per heavy atom. The molecule has 0 unspecified atom stereocenters. The molecule has 1 aliphatic heterocycles. The predicted molar refractivity (Wildman–Crippen MR) is 109 cm³/mol. The third-order valence-electron chi connectivity index (χ3n) is 4.74. The zero-order valence-electron chi connectivity index (χ0n) is 15.3. The molecular weight excluding hydrogens is 355 g/mol. The van der Waals surface area contributed by atoms with Gasteiger partial charge in [0.2, 0.25) is 0 Å². The van der Waals surface area contributed by atoms with Crippen LogP contribution in [0.15, 0.2) is 66.7 Å². The molecule has 28 heavy (non-hydrogen) atoms. The number of aryl methyl sites for hydroxylation is 1. The van der Waals surface area contributed by atoms with Crippen molar-refractivity contribution in [3.63, 3.8) is 0 Å². The lowest BCUT2D eigenvalue weighted by Gasteiger charge is -2.08. The molecule has 0 aliphatic carbocycles. The van der Waals surface area contributed by atoms with Crippen molar-refractivity contribution < 1.29 is 9.18 Å². The topological polar surface area (TPSA) is 65.2 Å². The maximum atomic E-state index is 13.9. The molecule has 4 N–H and O–H groups in total. The number of halogens is 1. The molecule has 142 valence electrons. The van der Waals surface area contributed by atoms with Crippen molar-refractivity contribution in [2.75, 3.05) is 17.4 Å². The van der Waals surface area contributed by atoms with Crippen LogP contribution in [0.1, 0.15) is 22.3 Å². The summed E-state index contributed by atoms with van der Waals surface area (Å²) >= 11 is 0. The standard InChI is InChI=1S/C22H21FN4O/c23-19-6-2-1-5-18(19)16-9-7-15(8-10-16)4-3-13-24-22(28)17-11-12-20-21(14-17)26-27-25-20/h1-2,5-12,14,25-27H,3-4,13H2,(H,24,28). The lowest BCUT2D eigenvalue weighted by molar-refractivity contribution is 0.0953. The van der Waals surface area contributed by atoms with Crippen LogP contribution in [0.3, 0.4) is 0 Å². The van der Waals surface area contributed by atoms with Crippen LogP contribution in [0, 0.1) is 5.82 Å². The van der Waals surface area contributed by atoms with Crippen LogP contribution in [0.25, 0.3) is 11.1 Å². The second kappa shape index (κ2) is 8.10. The maximum absolute atomic E-state index is 13.9. The Hall–Kier alpha value is -3.38. The number of carbonyl (C=O) groups excluding carboxylic acids is 1. The zero-order chi connectivity index (χ0) is 19.3. The molecule has 0 atom stereocenters. The first-order chi connectivity index (χ1) is 13.7. The lowest BCUT2D eigenvalue weighted by atomic mass is 10.0. The van der Waals surface area contributed by atoms with Crippen LogP contribution in [-0.4, -0.2) is 12.5 Å². The number of nitrogens with one attached hydrogen (secondary N) is 4. The molecular formula is C22H21FN4O. The highest BCUT2D eigenvalue weighted by Gasteiger charge is 2.12. The van der Waals surface area contributed by atoms with E-state index in [-0.39, 0.29) is 11.7 Å². The first-order valence-electron chi connectivity index (χ1n) is 9.24. The number of hydrogen-bond donors (Lipinski definition) is 4. The van der Waals surface area contributed by atoms with Crippen LogP contribution in [0.2, 0.25) is 0 Å². The van der Waals surface area contributed by atoms with Gasteiger partial charge in [-0.1, -0.05) is 42.5 Å². The third kappa shape index (κ3) is 3.97. The Morgan fingerprint density at radius 2 is 1.71 bits per heavy atom. The predicted octanol–water partition coefficient (Wildman–Crippen LogP) is 4.11. The first-order valence-corrected chi connectivity index (χ1v) is 9.24. The van der Waals surface area contributed by atoms with Gasteiger partial charge in [0.25, 0.3) is 5.91 Å². The number of fused-ring (bicyclic) bond motifs is 1. The molecule has 0 saturated carbocycles. The van der Waals surface area contributed by atoms with Gasteiger partial charge in [-0.3, -0.25) is 4.79 Å². The Balaban J connectivity index is 1.27. The fraction of sp³-hybridized carbons (Fsp3) is 0.136. The van der Waals surface area contributed by atoms with Crippen molar-refractivity contribution in [2.45, 2.75) is 12.8 Å². The molecule has 1 aliphatic rings. The van der Waals surface area contributed by atoms with Crippen LogP contribution in [-0.2, 0) is 6.42 Å². The molecule has 0 saturated heterocycles.